The Labute approximate surface area is 144 Å². The summed E-state index contributed by atoms with van der Waals surface area (Å²) in [4.78, 5) is 15.2. The van der Waals surface area contributed by atoms with Crippen LogP contribution in [0.5, 0.6) is 5.75 Å². The van der Waals surface area contributed by atoms with E-state index in [4.69, 9.17) is 0 Å². The Hall–Kier alpha value is -3.22. The van der Waals surface area contributed by atoms with Crippen LogP contribution in [0.4, 0.5) is 5.69 Å². The summed E-state index contributed by atoms with van der Waals surface area (Å²) in [5.41, 5.74) is 1.45. The minimum atomic E-state index is -0.420. The number of hydrogen-bond acceptors (Lipinski definition) is 5. The number of phenolic OH excluding ortho intramolecular Hbond substituents is 1. The van der Waals surface area contributed by atoms with E-state index in [-0.39, 0.29) is 11.4 Å². The number of nitro benzene ring substituents is 1. The monoisotopic (exact) mass is 338 g/mol. The Morgan fingerprint density at radius 1 is 1.16 bits per heavy atom. The van der Waals surface area contributed by atoms with E-state index in [1.807, 2.05) is 0 Å². The highest BCUT2D eigenvalue weighted by Crippen LogP contribution is 2.26. The van der Waals surface area contributed by atoms with Crippen molar-refractivity contribution in [1.29, 1.82) is 0 Å². The lowest BCUT2D eigenvalue weighted by atomic mass is 10.2. The maximum atomic E-state index is 11.0. The zero-order valence-corrected chi connectivity index (χ0v) is 13.8. The van der Waals surface area contributed by atoms with Crippen molar-refractivity contribution in [3.8, 4) is 28.5 Å². The molecular weight excluding hydrogens is 320 g/mol. The van der Waals surface area contributed by atoms with Gasteiger partial charge in [0.1, 0.15) is 5.75 Å². The average Bonchev–Trinajstić information content (AvgIpc) is 3.05. The fraction of sp³-hybridized carbons (Fsp3) is 0.222. The second-order valence-electron chi connectivity index (χ2n) is 5.69. The Morgan fingerprint density at radius 3 is 2.60 bits per heavy atom. The van der Waals surface area contributed by atoms with Gasteiger partial charge in [0.05, 0.1) is 4.92 Å². The number of nitrogens with zero attached hydrogens (tertiary/aromatic N) is 4. The predicted octanol–water partition coefficient (Wildman–Crippen LogP) is 4.03. The van der Waals surface area contributed by atoms with Crippen molar-refractivity contribution in [2.75, 3.05) is 0 Å². The summed E-state index contributed by atoms with van der Waals surface area (Å²) in [6.45, 7) is 2.77. The van der Waals surface area contributed by atoms with Gasteiger partial charge < -0.3 is 5.11 Å². The molecule has 3 rings (SSSR count). The van der Waals surface area contributed by atoms with Gasteiger partial charge in [-0.1, -0.05) is 25.5 Å². The van der Waals surface area contributed by atoms with E-state index in [0.29, 0.717) is 23.8 Å². The Balaban J connectivity index is 2.06. The molecular formula is C18H18N4O3. The Morgan fingerprint density at radius 2 is 1.92 bits per heavy atom. The third-order valence-corrected chi connectivity index (χ3v) is 3.84. The third-order valence-electron chi connectivity index (χ3n) is 3.84. The predicted molar refractivity (Wildman–Crippen MR) is 94.1 cm³/mol. The van der Waals surface area contributed by atoms with Gasteiger partial charge in [0, 0.05) is 29.8 Å². The van der Waals surface area contributed by atoms with Crippen LogP contribution in [0.1, 0.15) is 19.8 Å². The molecule has 0 spiro atoms. The van der Waals surface area contributed by atoms with Crippen LogP contribution in [0.25, 0.3) is 22.8 Å². The molecule has 0 amide bonds. The number of aryl methyl sites for hydroxylation is 1. The fourth-order valence-electron chi connectivity index (χ4n) is 2.51. The number of rotatable bonds is 6. The van der Waals surface area contributed by atoms with Crippen molar-refractivity contribution in [2.24, 2.45) is 0 Å². The van der Waals surface area contributed by atoms with Crippen LogP contribution < -0.4 is 0 Å². The van der Waals surface area contributed by atoms with E-state index in [1.54, 1.807) is 41.1 Å². The smallest absolute Gasteiger partial charge is 0.270 e. The van der Waals surface area contributed by atoms with E-state index in [1.165, 1.54) is 12.1 Å². The van der Waals surface area contributed by atoms with E-state index in [0.717, 1.165) is 18.4 Å². The largest absolute Gasteiger partial charge is 0.508 e. The molecule has 25 heavy (non-hydrogen) atoms. The molecule has 0 unspecified atom stereocenters. The number of phenols is 1. The lowest BCUT2D eigenvalue weighted by molar-refractivity contribution is -0.384. The summed E-state index contributed by atoms with van der Waals surface area (Å²) in [6.07, 6.45) is 1.93. The van der Waals surface area contributed by atoms with Crippen molar-refractivity contribution in [3.63, 3.8) is 0 Å². The molecule has 0 fully saturated rings. The summed E-state index contributed by atoms with van der Waals surface area (Å²) in [6, 6.07) is 13.0. The topological polar surface area (TPSA) is 94.1 Å². The molecule has 0 radical (unpaired) electrons. The summed E-state index contributed by atoms with van der Waals surface area (Å²) in [5, 5.41) is 25.0. The summed E-state index contributed by atoms with van der Waals surface area (Å²) < 4.78 is 1.78. The van der Waals surface area contributed by atoms with Crippen LogP contribution >= 0.6 is 0 Å². The first-order chi connectivity index (χ1) is 12.1. The van der Waals surface area contributed by atoms with Crippen LogP contribution in [0.2, 0.25) is 0 Å². The first-order valence-electron chi connectivity index (χ1n) is 8.07. The van der Waals surface area contributed by atoms with Crippen molar-refractivity contribution in [3.05, 3.63) is 58.6 Å². The maximum Gasteiger partial charge on any atom is 0.270 e. The van der Waals surface area contributed by atoms with E-state index in [2.05, 4.69) is 17.0 Å². The number of benzene rings is 2. The summed E-state index contributed by atoms with van der Waals surface area (Å²) in [5.74, 6) is 1.30. The van der Waals surface area contributed by atoms with Crippen molar-refractivity contribution < 1.29 is 10.0 Å². The number of unbranched alkanes of at least 4 members (excludes halogenated alkanes) is 1. The van der Waals surface area contributed by atoms with Gasteiger partial charge in [0.2, 0.25) is 0 Å². The number of non-ortho nitro benzene ring substituents is 1. The number of aromatic hydroxyl groups is 1. The molecule has 128 valence electrons. The Kier molecular flexibility index (Phi) is 4.74. The normalized spacial score (nSPS) is 10.8. The van der Waals surface area contributed by atoms with Crippen LogP contribution in [0.3, 0.4) is 0 Å². The van der Waals surface area contributed by atoms with Gasteiger partial charge in [-0.05, 0) is 30.7 Å². The average molecular weight is 338 g/mol. The number of nitro groups is 1. The molecule has 7 nitrogen and oxygen atoms in total. The van der Waals surface area contributed by atoms with Crippen LogP contribution in [0, 0.1) is 10.1 Å². The summed E-state index contributed by atoms with van der Waals surface area (Å²) in [7, 11) is 0. The van der Waals surface area contributed by atoms with Gasteiger partial charge in [-0.3, -0.25) is 10.1 Å². The molecule has 3 aromatic rings. The molecule has 0 atom stereocenters. The second kappa shape index (κ2) is 7.12. The van der Waals surface area contributed by atoms with Gasteiger partial charge in [0.25, 0.3) is 5.69 Å². The molecule has 0 aliphatic heterocycles. The second-order valence-corrected chi connectivity index (χ2v) is 5.69. The highest BCUT2D eigenvalue weighted by molar-refractivity contribution is 5.64. The molecule has 0 aliphatic carbocycles. The van der Waals surface area contributed by atoms with E-state index >= 15 is 0 Å². The van der Waals surface area contributed by atoms with Gasteiger partial charge in [-0.2, -0.15) is 5.10 Å². The SMILES string of the molecule is CCCCn1nc(-c2ccc(O)cc2)nc1-c1cccc([N+](=O)[O-])c1. The zero-order valence-electron chi connectivity index (χ0n) is 13.8. The molecule has 2 aromatic carbocycles. The van der Waals surface area contributed by atoms with Gasteiger partial charge >= 0.3 is 0 Å². The molecule has 1 N–H and O–H groups in total. The highest BCUT2D eigenvalue weighted by Gasteiger charge is 2.16. The lowest BCUT2D eigenvalue weighted by Gasteiger charge is -2.04. The summed E-state index contributed by atoms with van der Waals surface area (Å²) >= 11 is 0. The Bertz CT molecular complexity index is 888. The number of aromatic nitrogens is 3. The fourth-order valence-corrected chi connectivity index (χ4v) is 2.51. The van der Waals surface area contributed by atoms with Gasteiger partial charge in [-0.25, -0.2) is 9.67 Å². The lowest BCUT2D eigenvalue weighted by Crippen LogP contribution is -2.03. The minimum absolute atomic E-state index is 0.0220. The van der Waals surface area contributed by atoms with E-state index in [9.17, 15) is 15.2 Å². The van der Waals surface area contributed by atoms with E-state index < -0.39 is 4.92 Å². The molecule has 1 aromatic heterocycles. The van der Waals surface area contributed by atoms with Gasteiger partial charge in [-0.15, -0.1) is 0 Å². The first-order valence-corrected chi connectivity index (χ1v) is 8.07. The quantitative estimate of drug-likeness (QED) is 0.541. The molecule has 0 bridgehead atoms. The zero-order chi connectivity index (χ0) is 17.8. The molecule has 0 aliphatic rings. The first kappa shape index (κ1) is 16.6. The number of hydrogen-bond donors (Lipinski definition) is 1. The van der Waals surface area contributed by atoms with Crippen LogP contribution in [-0.2, 0) is 6.54 Å². The van der Waals surface area contributed by atoms with Crippen molar-refractivity contribution in [1.82, 2.24) is 14.8 Å². The molecule has 0 saturated heterocycles. The maximum absolute atomic E-state index is 11.0. The molecule has 0 saturated carbocycles. The minimum Gasteiger partial charge on any atom is -0.508 e. The third kappa shape index (κ3) is 3.65. The van der Waals surface area contributed by atoms with Crippen LogP contribution in [0.15, 0.2) is 48.5 Å². The standard InChI is InChI=1S/C18H18N4O3/c1-2-3-11-21-18(14-5-4-6-15(12-14)22(24)25)19-17(20-21)13-7-9-16(23)10-8-13/h4-10,12,23H,2-3,11H2,1H3. The highest BCUT2D eigenvalue weighted by atomic mass is 16.6. The van der Waals surface area contributed by atoms with Crippen LogP contribution in [-0.4, -0.2) is 24.8 Å². The van der Waals surface area contributed by atoms with Crippen molar-refractivity contribution in [2.45, 2.75) is 26.3 Å². The van der Waals surface area contributed by atoms with Gasteiger partial charge in [0.15, 0.2) is 11.6 Å². The molecule has 1 heterocycles. The van der Waals surface area contributed by atoms with Crippen molar-refractivity contribution >= 4 is 5.69 Å². The molecule has 7 heteroatoms.